The first-order valence-corrected chi connectivity index (χ1v) is 24.0. The van der Waals surface area contributed by atoms with Gasteiger partial charge in [0.05, 0.1) is 39.9 Å². The minimum absolute atomic E-state index is 0.0106. The van der Waals surface area contributed by atoms with E-state index in [-0.39, 0.29) is 12.5 Å². The lowest BCUT2D eigenvalue weighted by Gasteiger charge is -2.29. The number of aliphatic hydroxyl groups excluding tert-OH is 1. The van der Waals surface area contributed by atoms with Gasteiger partial charge in [0.15, 0.2) is 0 Å². The van der Waals surface area contributed by atoms with Crippen LogP contribution in [0.15, 0.2) is 48.6 Å². The molecule has 9 heteroatoms. The molecule has 0 aliphatic carbocycles. The molecular formula is C46H87N2O6P. The number of nitrogens with zero attached hydrogens (tertiary/aromatic N) is 1. The molecule has 0 aromatic carbocycles. The fourth-order valence-corrected chi connectivity index (χ4v) is 6.87. The summed E-state index contributed by atoms with van der Waals surface area (Å²) in [6, 6.07) is -0.910. The van der Waals surface area contributed by atoms with Crippen molar-refractivity contribution in [2.24, 2.45) is 0 Å². The number of hydrogen-bond acceptors (Lipinski definition) is 6. The van der Waals surface area contributed by atoms with Crippen molar-refractivity contribution in [3.8, 4) is 0 Å². The Hall–Kier alpha value is -1.54. The van der Waals surface area contributed by atoms with Crippen LogP contribution in [0.2, 0.25) is 0 Å². The van der Waals surface area contributed by atoms with E-state index in [2.05, 4.69) is 55.6 Å². The summed E-state index contributed by atoms with van der Waals surface area (Å²) in [5.41, 5.74) is 0. The van der Waals surface area contributed by atoms with E-state index in [1.165, 1.54) is 96.3 Å². The van der Waals surface area contributed by atoms with Gasteiger partial charge < -0.3 is 28.8 Å². The molecule has 0 aliphatic rings. The predicted molar refractivity (Wildman–Crippen MR) is 233 cm³/mol. The lowest BCUT2D eigenvalue weighted by Crippen LogP contribution is -2.45. The van der Waals surface area contributed by atoms with Crippen LogP contribution < -0.4 is 10.2 Å². The van der Waals surface area contributed by atoms with E-state index in [4.69, 9.17) is 9.05 Å². The van der Waals surface area contributed by atoms with Gasteiger partial charge in [0.1, 0.15) is 13.2 Å². The van der Waals surface area contributed by atoms with E-state index in [1.54, 1.807) is 6.08 Å². The molecule has 0 saturated carbocycles. The number of carbonyl (C=O) groups is 1. The quantitative estimate of drug-likeness (QED) is 0.0277. The van der Waals surface area contributed by atoms with Crippen LogP contribution in [0, 0.1) is 0 Å². The van der Waals surface area contributed by atoms with E-state index in [9.17, 15) is 19.4 Å². The van der Waals surface area contributed by atoms with Crippen molar-refractivity contribution >= 4 is 13.7 Å². The second-order valence-electron chi connectivity index (χ2n) is 16.4. The van der Waals surface area contributed by atoms with Crippen molar-refractivity contribution in [3.05, 3.63) is 48.6 Å². The van der Waals surface area contributed by atoms with Crippen LogP contribution in [0.4, 0.5) is 0 Å². The van der Waals surface area contributed by atoms with Crippen LogP contribution in [-0.2, 0) is 18.4 Å². The molecule has 0 fully saturated rings. The first kappa shape index (κ1) is 53.5. The average molecular weight is 795 g/mol. The number of nitrogens with one attached hydrogen (secondary N) is 1. The van der Waals surface area contributed by atoms with E-state index in [0.717, 1.165) is 70.6 Å². The monoisotopic (exact) mass is 795 g/mol. The SMILES string of the molecule is CCC/C=C\C/C=C\CCCCCCCC(=O)NC(COP(=O)([O-])OCC[N+](C)(C)C)C(O)/C=C/CC/C=C/CCCCCCCCCCCCCCCC. The van der Waals surface area contributed by atoms with Crippen molar-refractivity contribution in [3.63, 3.8) is 0 Å². The van der Waals surface area contributed by atoms with Gasteiger partial charge in [-0.05, 0) is 57.8 Å². The Labute approximate surface area is 339 Å². The Morgan fingerprint density at radius 2 is 1.11 bits per heavy atom. The van der Waals surface area contributed by atoms with Gasteiger partial charge in [-0.1, -0.05) is 172 Å². The summed E-state index contributed by atoms with van der Waals surface area (Å²) in [7, 11) is 1.23. The number of carbonyl (C=O) groups excluding carboxylic acids is 1. The Balaban J connectivity index is 4.46. The third-order valence-corrected chi connectivity index (χ3v) is 10.7. The Kier molecular flexibility index (Phi) is 36.9. The normalized spacial score (nSPS) is 14.8. The average Bonchev–Trinajstić information content (AvgIpc) is 3.13. The lowest BCUT2D eigenvalue weighted by molar-refractivity contribution is -0.870. The zero-order valence-electron chi connectivity index (χ0n) is 36.4. The molecule has 3 unspecified atom stereocenters. The highest BCUT2D eigenvalue weighted by Gasteiger charge is 2.23. The molecule has 0 radical (unpaired) electrons. The van der Waals surface area contributed by atoms with Gasteiger partial charge in [-0.2, -0.15) is 0 Å². The maximum atomic E-state index is 12.8. The fraction of sp³-hybridized carbons (Fsp3) is 0.804. The number of allylic oxidation sites excluding steroid dienone is 7. The van der Waals surface area contributed by atoms with Crippen LogP contribution in [0.5, 0.6) is 0 Å². The van der Waals surface area contributed by atoms with Gasteiger partial charge in [-0.15, -0.1) is 0 Å². The molecule has 0 saturated heterocycles. The van der Waals surface area contributed by atoms with Crippen LogP contribution in [0.1, 0.15) is 187 Å². The highest BCUT2D eigenvalue weighted by molar-refractivity contribution is 7.45. The number of unbranched alkanes of at least 4 members (excludes halogenated alkanes) is 21. The number of phosphoric ester groups is 1. The third-order valence-electron chi connectivity index (χ3n) is 9.74. The molecule has 0 heterocycles. The topological polar surface area (TPSA) is 108 Å². The fourth-order valence-electron chi connectivity index (χ4n) is 6.15. The first-order valence-electron chi connectivity index (χ1n) is 22.5. The van der Waals surface area contributed by atoms with Crippen LogP contribution in [0.25, 0.3) is 0 Å². The summed E-state index contributed by atoms with van der Waals surface area (Å²) in [6.45, 7) is 4.54. The number of rotatable bonds is 40. The van der Waals surface area contributed by atoms with Crippen molar-refractivity contribution in [2.45, 2.75) is 199 Å². The third kappa shape index (κ3) is 40.5. The van der Waals surface area contributed by atoms with Gasteiger partial charge in [0, 0.05) is 6.42 Å². The number of quaternary nitrogens is 1. The van der Waals surface area contributed by atoms with E-state index in [0.29, 0.717) is 17.4 Å². The second-order valence-corrected chi connectivity index (χ2v) is 17.8. The molecule has 3 atom stereocenters. The standard InChI is InChI=1S/C46H87N2O6P/c1-6-8-10-12-14-16-18-20-21-22-23-24-25-26-28-29-31-33-35-37-39-45(49)44(43-54-55(51,52)53-42-41-48(3,4)5)47-46(50)40-38-36-34-32-30-27-19-17-15-13-11-9-7-2/h11,13,17,19,29,31,37,39,44-45,49H,6-10,12,14-16,18,20-28,30,32-36,38,40-43H2,1-5H3,(H-,47,50,51,52)/b13-11-,19-17-,31-29+,39-37+. The van der Waals surface area contributed by atoms with Crippen LogP contribution in [-0.4, -0.2) is 68.5 Å². The molecule has 0 bridgehead atoms. The molecule has 55 heavy (non-hydrogen) atoms. The van der Waals surface area contributed by atoms with E-state index >= 15 is 0 Å². The number of hydrogen-bond donors (Lipinski definition) is 2. The Bertz CT molecular complexity index is 1040. The van der Waals surface area contributed by atoms with Crippen molar-refractivity contribution < 1.29 is 32.9 Å². The first-order chi connectivity index (χ1) is 26.5. The number of likely N-dealkylation sites (N-methyl/N-ethyl adjacent to an activating group) is 1. The predicted octanol–water partition coefficient (Wildman–Crippen LogP) is 11.8. The van der Waals surface area contributed by atoms with Crippen LogP contribution >= 0.6 is 7.82 Å². The summed E-state index contributed by atoms with van der Waals surface area (Å²) < 4.78 is 23.2. The summed E-state index contributed by atoms with van der Waals surface area (Å²) in [5, 5.41) is 13.7. The summed E-state index contributed by atoms with van der Waals surface area (Å²) >= 11 is 0. The van der Waals surface area contributed by atoms with Crippen LogP contribution in [0.3, 0.4) is 0 Å². The van der Waals surface area contributed by atoms with Gasteiger partial charge in [0.2, 0.25) is 5.91 Å². The largest absolute Gasteiger partial charge is 0.756 e. The van der Waals surface area contributed by atoms with Gasteiger partial charge in [0.25, 0.3) is 7.82 Å². The van der Waals surface area contributed by atoms with E-state index < -0.39 is 26.6 Å². The highest BCUT2D eigenvalue weighted by atomic mass is 31.2. The van der Waals surface area contributed by atoms with Gasteiger partial charge in [-0.25, -0.2) is 0 Å². The molecule has 1 amide bonds. The number of phosphoric acid groups is 1. The number of amides is 1. The van der Waals surface area contributed by atoms with Crippen molar-refractivity contribution in [2.75, 3.05) is 40.9 Å². The molecular weight excluding hydrogens is 707 g/mol. The van der Waals surface area contributed by atoms with E-state index in [1.807, 2.05) is 27.2 Å². The zero-order chi connectivity index (χ0) is 40.7. The molecule has 8 nitrogen and oxygen atoms in total. The number of aliphatic hydroxyl groups is 1. The zero-order valence-corrected chi connectivity index (χ0v) is 37.3. The maximum absolute atomic E-state index is 12.8. The Morgan fingerprint density at radius 3 is 1.65 bits per heavy atom. The molecule has 322 valence electrons. The highest BCUT2D eigenvalue weighted by Crippen LogP contribution is 2.38. The summed E-state index contributed by atoms with van der Waals surface area (Å²) in [6.07, 6.45) is 47.4. The molecule has 0 spiro atoms. The molecule has 0 aromatic rings. The molecule has 2 N–H and O–H groups in total. The van der Waals surface area contributed by atoms with Crippen molar-refractivity contribution in [1.29, 1.82) is 0 Å². The Morgan fingerprint density at radius 1 is 0.636 bits per heavy atom. The summed E-state index contributed by atoms with van der Waals surface area (Å²) in [5.74, 6) is -0.224. The molecule has 0 aliphatic heterocycles. The molecule has 0 rings (SSSR count). The smallest absolute Gasteiger partial charge is 0.268 e. The molecule has 0 aromatic heterocycles. The second kappa shape index (κ2) is 38.0. The van der Waals surface area contributed by atoms with Crippen molar-refractivity contribution in [1.82, 2.24) is 5.32 Å². The minimum Gasteiger partial charge on any atom is -0.756 e. The maximum Gasteiger partial charge on any atom is 0.268 e. The van der Waals surface area contributed by atoms with Gasteiger partial charge >= 0.3 is 0 Å². The lowest BCUT2D eigenvalue weighted by atomic mass is 10.0. The summed E-state index contributed by atoms with van der Waals surface area (Å²) in [4.78, 5) is 25.3. The minimum atomic E-state index is -4.60. The van der Waals surface area contributed by atoms with Gasteiger partial charge in [-0.3, -0.25) is 9.36 Å².